The van der Waals surface area contributed by atoms with E-state index in [9.17, 15) is 24.5 Å². The number of fused-ring (bicyclic) bond motifs is 1. The van der Waals surface area contributed by atoms with Crippen LogP contribution in [0, 0.1) is 5.82 Å². The Kier molecular flexibility index (Phi) is 2.79. The number of rotatable bonds is 1. The van der Waals surface area contributed by atoms with E-state index < -0.39 is 22.7 Å². The van der Waals surface area contributed by atoms with Crippen molar-refractivity contribution in [3.8, 4) is 28.6 Å². The predicted molar refractivity (Wildman–Crippen MR) is 72.9 cm³/mol. The van der Waals surface area contributed by atoms with Crippen LogP contribution in [0.1, 0.15) is 0 Å². The number of benzene rings is 2. The molecule has 21 heavy (non-hydrogen) atoms. The summed E-state index contributed by atoms with van der Waals surface area (Å²) in [5, 5.41) is 28.8. The van der Waals surface area contributed by atoms with Crippen molar-refractivity contribution < 1.29 is 24.1 Å². The molecule has 3 N–H and O–H groups in total. The average molecular weight is 288 g/mol. The third-order valence-electron chi connectivity index (χ3n) is 3.04. The summed E-state index contributed by atoms with van der Waals surface area (Å²) in [5.74, 6) is -2.14. The number of phenolic OH excluding ortho intramolecular Hbond substituents is 2. The van der Waals surface area contributed by atoms with Crippen molar-refractivity contribution in [1.29, 1.82) is 0 Å². The van der Waals surface area contributed by atoms with Crippen molar-refractivity contribution in [3.05, 3.63) is 52.4 Å². The Morgan fingerprint density at radius 3 is 2.33 bits per heavy atom. The van der Waals surface area contributed by atoms with Crippen LogP contribution in [-0.4, -0.2) is 15.3 Å². The molecule has 1 heterocycles. The van der Waals surface area contributed by atoms with Gasteiger partial charge in [0.15, 0.2) is 5.76 Å². The van der Waals surface area contributed by atoms with E-state index in [1.165, 1.54) is 12.1 Å². The molecular weight excluding hydrogens is 279 g/mol. The molecule has 106 valence electrons. The van der Waals surface area contributed by atoms with Gasteiger partial charge >= 0.3 is 0 Å². The molecule has 0 saturated heterocycles. The molecule has 0 amide bonds. The number of hydrogen-bond acceptors (Lipinski definition) is 5. The van der Waals surface area contributed by atoms with E-state index in [1.807, 2.05) is 0 Å². The van der Waals surface area contributed by atoms with Crippen molar-refractivity contribution in [3.63, 3.8) is 0 Å². The zero-order chi connectivity index (χ0) is 15.1. The first-order valence-corrected chi connectivity index (χ1v) is 5.95. The maximum absolute atomic E-state index is 12.9. The quantitative estimate of drug-likeness (QED) is 0.640. The number of halogens is 1. The molecule has 0 aliphatic rings. The van der Waals surface area contributed by atoms with E-state index in [0.717, 1.165) is 24.3 Å². The monoisotopic (exact) mass is 288 g/mol. The molecular formula is C15H9FO5. The fourth-order valence-electron chi connectivity index (χ4n) is 2.07. The van der Waals surface area contributed by atoms with Crippen molar-refractivity contribution in [2.75, 3.05) is 0 Å². The van der Waals surface area contributed by atoms with Crippen molar-refractivity contribution in [2.24, 2.45) is 0 Å². The van der Waals surface area contributed by atoms with Gasteiger partial charge in [0.05, 0.1) is 0 Å². The van der Waals surface area contributed by atoms with Crippen LogP contribution < -0.4 is 5.43 Å². The summed E-state index contributed by atoms with van der Waals surface area (Å²) in [7, 11) is 0. The zero-order valence-corrected chi connectivity index (χ0v) is 10.5. The minimum Gasteiger partial charge on any atom is -0.508 e. The number of hydrogen-bond donors (Lipinski definition) is 3. The zero-order valence-electron chi connectivity index (χ0n) is 10.5. The molecule has 3 rings (SSSR count). The van der Waals surface area contributed by atoms with Gasteiger partial charge in [-0.2, -0.15) is 0 Å². The highest BCUT2D eigenvalue weighted by Gasteiger charge is 2.18. The first-order valence-electron chi connectivity index (χ1n) is 5.95. The highest BCUT2D eigenvalue weighted by molar-refractivity contribution is 5.88. The molecule has 0 radical (unpaired) electrons. The Morgan fingerprint density at radius 1 is 1.00 bits per heavy atom. The average Bonchev–Trinajstić information content (AvgIpc) is 2.43. The van der Waals surface area contributed by atoms with Gasteiger partial charge in [0.2, 0.25) is 11.2 Å². The van der Waals surface area contributed by atoms with Crippen molar-refractivity contribution in [1.82, 2.24) is 0 Å². The third-order valence-corrected chi connectivity index (χ3v) is 3.04. The van der Waals surface area contributed by atoms with Crippen LogP contribution in [0.15, 0.2) is 45.6 Å². The lowest BCUT2D eigenvalue weighted by atomic mass is 10.1. The summed E-state index contributed by atoms with van der Waals surface area (Å²) in [4.78, 5) is 12.1. The van der Waals surface area contributed by atoms with Crippen LogP contribution in [-0.2, 0) is 0 Å². The molecule has 0 fully saturated rings. The maximum Gasteiger partial charge on any atom is 0.238 e. The SMILES string of the molecule is O=c1c(O)c(-c2ccc(F)cc2)oc2cc(O)cc(O)c12. The van der Waals surface area contributed by atoms with E-state index in [1.54, 1.807) is 0 Å². The minimum atomic E-state index is -0.840. The topological polar surface area (TPSA) is 90.9 Å². The minimum absolute atomic E-state index is 0.0883. The fraction of sp³-hybridized carbons (Fsp3) is 0. The van der Waals surface area contributed by atoms with Gasteiger partial charge in [-0.1, -0.05) is 0 Å². The molecule has 0 aliphatic carbocycles. The third kappa shape index (κ3) is 2.06. The second-order valence-electron chi connectivity index (χ2n) is 4.45. The molecule has 2 aromatic carbocycles. The van der Waals surface area contributed by atoms with Crippen LogP contribution in [0.2, 0.25) is 0 Å². The molecule has 1 aromatic heterocycles. The van der Waals surface area contributed by atoms with Crippen LogP contribution in [0.4, 0.5) is 4.39 Å². The van der Waals surface area contributed by atoms with Crippen LogP contribution in [0.25, 0.3) is 22.3 Å². The Morgan fingerprint density at radius 2 is 1.67 bits per heavy atom. The molecule has 0 spiro atoms. The smallest absolute Gasteiger partial charge is 0.238 e. The van der Waals surface area contributed by atoms with Gasteiger partial charge in [-0.25, -0.2) is 4.39 Å². The molecule has 6 heteroatoms. The molecule has 3 aromatic rings. The summed E-state index contributed by atoms with van der Waals surface area (Å²) in [6.07, 6.45) is 0. The first kappa shape index (κ1) is 13.0. The van der Waals surface area contributed by atoms with Gasteiger partial charge in [0.25, 0.3) is 0 Å². The highest BCUT2D eigenvalue weighted by atomic mass is 19.1. The van der Waals surface area contributed by atoms with Gasteiger partial charge in [-0.05, 0) is 24.3 Å². The van der Waals surface area contributed by atoms with Crippen LogP contribution >= 0.6 is 0 Å². The predicted octanol–water partition coefficient (Wildman–Crippen LogP) is 2.72. The lowest BCUT2D eigenvalue weighted by molar-refractivity contribution is 0.438. The van der Waals surface area contributed by atoms with Gasteiger partial charge in [0, 0.05) is 17.7 Å². The lowest BCUT2D eigenvalue weighted by Crippen LogP contribution is -2.03. The summed E-state index contributed by atoms with van der Waals surface area (Å²) in [6.45, 7) is 0. The molecule has 5 nitrogen and oxygen atoms in total. The van der Waals surface area contributed by atoms with E-state index in [0.29, 0.717) is 0 Å². The second-order valence-corrected chi connectivity index (χ2v) is 4.45. The largest absolute Gasteiger partial charge is 0.508 e. The summed E-state index contributed by atoms with van der Waals surface area (Å²) in [6, 6.07) is 7.08. The van der Waals surface area contributed by atoms with Crippen LogP contribution in [0.3, 0.4) is 0 Å². The lowest BCUT2D eigenvalue weighted by Gasteiger charge is -2.07. The first-order chi connectivity index (χ1) is 9.97. The van der Waals surface area contributed by atoms with E-state index in [-0.39, 0.29) is 28.0 Å². The number of aromatic hydroxyl groups is 3. The molecule has 0 unspecified atom stereocenters. The highest BCUT2D eigenvalue weighted by Crippen LogP contribution is 2.34. The fourth-order valence-corrected chi connectivity index (χ4v) is 2.07. The van der Waals surface area contributed by atoms with Gasteiger partial charge < -0.3 is 19.7 Å². The second kappa shape index (κ2) is 4.52. The standard InChI is InChI=1S/C15H9FO5/c16-8-3-1-7(2-4-8)15-14(20)13(19)12-10(18)5-9(17)6-11(12)21-15/h1-6,17-18,20H. The summed E-state index contributed by atoms with van der Waals surface area (Å²) in [5.41, 5.74) is -0.640. The Labute approximate surface area is 117 Å². The van der Waals surface area contributed by atoms with Crippen molar-refractivity contribution in [2.45, 2.75) is 0 Å². The van der Waals surface area contributed by atoms with Gasteiger partial charge in [-0.3, -0.25) is 4.79 Å². The normalized spacial score (nSPS) is 10.9. The Hall–Kier alpha value is -3.02. The van der Waals surface area contributed by atoms with Gasteiger partial charge in [0.1, 0.15) is 28.3 Å². The summed E-state index contributed by atoms with van der Waals surface area (Å²) < 4.78 is 18.3. The van der Waals surface area contributed by atoms with E-state index in [2.05, 4.69) is 0 Å². The molecule has 0 saturated carbocycles. The Bertz CT molecular complexity index is 897. The van der Waals surface area contributed by atoms with E-state index >= 15 is 0 Å². The van der Waals surface area contributed by atoms with E-state index in [4.69, 9.17) is 4.42 Å². The number of phenols is 2. The Balaban J connectivity index is 2.37. The molecule has 0 aliphatic heterocycles. The van der Waals surface area contributed by atoms with Crippen LogP contribution in [0.5, 0.6) is 17.2 Å². The maximum atomic E-state index is 12.9. The molecule has 0 atom stereocenters. The van der Waals surface area contributed by atoms with Gasteiger partial charge in [-0.15, -0.1) is 0 Å². The van der Waals surface area contributed by atoms with Crippen molar-refractivity contribution >= 4 is 11.0 Å². The molecule has 0 bridgehead atoms. The summed E-state index contributed by atoms with van der Waals surface area (Å²) >= 11 is 0.